The van der Waals surface area contributed by atoms with Gasteiger partial charge in [0.15, 0.2) is 0 Å². The van der Waals surface area contributed by atoms with Gasteiger partial charge in [-0.2, -0.15) is 0 Å². The molecular weight excluding hydrogens is 167 g/mol. The molecule has 72 valence electrons. The summed E-state index contributed by atoms with van der Waals surface area (Å²) in [5, 5.41) is 20.2. The summed E-state index contributed by atoms with van der Waals surface area (Å²) in [7, 11) is -1.25. The van der Waals surface area contributed by atoms with Crippen LogP contribution in [0.25, 0.3) is 0 Å². The Morgan fingerprint density at radius 1 is 1.46 bits per heavy atom. The van der Waals surface area contributed by atoms with E-state index in [9.17, 15) is 0 Å². The summed E-state index contributed by atoms with van der Waals surface area (Å²) in [4.78, 5) is 0. The fraction of sp³-hybridized carbons (Fsp3) is 0.750. The molecule has 4 nitrogen and oxygen atoms in total. The number of nitrogens with two attached hydrogens (primary N) is 1. The molecule has 0 saturated carbocycles. The van der Waals surface area contributed by atoms with Crippen LogP contribution in [-0.2, 0) is 0 Å². The first-order valence-electron chi connectivity index (χ1n) is 4.51. The third kappa shape index (κ3) is 3.79. The summed E-state index contributed by atoms with van der Waals surface area (Å²) in [6.45, 7) is 1.66. The number of nitrogens with one attached hydrogen (secondary N) is 1. The van der Waals surface area contributed by atoms with E-state index in [1.54, 1.807) is 0 Å². The molecule has 0 aromatic carbocycles. The van der Waals surface area contributed by atoms with E-state index in [2.05, 4.69) is 17.2 Å². The topological polar surface area (TPSA) is 78.5 Å². The molecule has 1 rings (SSSR count). The number of hydrogen-bond donors (Lipinski definition) is 4. The van der Waals surface area contributed by atoms with E-state index in [0.29, 0.717) is 12.7 Å². The van der Waals surface area contributed by atoms with Crippen molar-refractivity contribution in [3.05, 3.63) is 0 Å². The van der Waals surface area contributed by atoms with Gasteiger partial charge in [0.05, 0.1) is 0 Å². The van der Waals surface area contributed by atoms with Crippen molar-refractivity contribution < 1.29 is 10.0 Å². The standard InChI is InChI=1S/C8H15BN2O2/c10-8-6-11-5-7(8)3-1-2-4-9(12)13/h7-8,11-13H,2,4-6,10H2/t7-,8-/m0/s1. The predicted molar refractivity (Wildman–Crippen MR) is 51.7 cm³/mol. The molecule has 0 bridgehead atoms. The first kappa shape index (κ1) is 10.5. The molecule has 13 heavy (non-hydrogen) atoms. The molecule has 5 heteroatoms. The lowest BCUT2D eigenvalue weighted by Crippen LogP contribution is -2.28. The highest BCUT2D eigenvalue weighted by Gasteiger charge is 2.20. The first-order valence-corrected chi connectivity index (χ1v) is 4.51. The fourth-order valence-electron chi connectivity index (χ4n) is 1.26. The van der Waals surface area contributed by atoms with Crippen LogP contribution in [0.15, 0.2) is 0 Å². The third-order valence-electron chi connectivity index (χ3n) is 2.08. The molecule has 1 fully saturated rings. The summed E-state index contributed by atoms with van der Waals surface area (Å²) in [6, 6.07) is 0.117. The van der Waals surface area contributed by atoms with Crippen LogP contribution in [0.2, 0.25) is 6.32 Å². The van der Waals surface area contributed by atoms with Crippen LogP contribution in [0.1, 0.15) is 6.42 Å². The monoisotopic (exact) mass is 182 g/mol. The molecule has 0 unspecified atom stereocenters. The zero-order valence-electron chi connectivity index (χ0n) is 7.53. The molecule has 1 saturated heterocycles. The average Bonchev–Trinajstić information content (AvgIpc) is 2.45. The van der Waals surface area contributed by atoms with Crippen LogP contribution in [-0.4, -0.2) is 36.3 Å². The maximum Gasteiger partial charge on any atom is 0.452 e. The minimum atomic E-state index is -1.25. The normalized spacial score (nSPS) is 26.7. The Bertz CT molecular complexity index is 212. The van der Waals surface area contributed by atoms with Crippen LogP contribution in [0, 0.1) is 17.8 Å². The SMILES string of the molecule is N[C@H]1CNC[C@@H]1C#CCCB(O)O. The van der Waals surface area contributed by atoms with E-state index in [4.69, 9.17) is 15.8 Å². The van der Waals surface area contributed by atoms with Gasteiger partial charge in [0.2, 0.25) is 0 Å². The fourth-order valence-corrected chi connectivity index (χ4v) is 1.26. The maximum absolute atomic E-state index is 8.55. The van der Waals surface area contributed by atoms with E-state index < -0.39 is 7.12 Å². The molecule has 0 aliphatic carbocycles. The van der Waals surface area contributed by atoms with Crippen molar-refractivity contribution in [2.45, 2.75) is 18.8 Å². The van der Waals surface area contributed by atoms with Crippen molar-refractivity contribution in [3.63, 3.8) is 0 Å². The molecule has 5 N–H and O–H groups in total. The predicted octanol–water partition coefficient (Wildman–Crippen LogP) is -1.60. The zero-order chi connectivity index (χ0) is 9.68. The summed E-state index contributed by atoms with van der Waals surface area (Å²) in [5.41, 5.74) is 5.76. The van der Waals surface area contributed by atoms with Crippen LogP contribution in [0.3, 0.4) is 0 Å². The van der Waals surface area contributed by atoms with Crippen molar-refractivity contribution in [1.82, 2.24) is 5.32 Å². The Morgan fingerprint density at radius 2 is 2.23 bits per heavy atom. The molecule has 0 aromatic heterocycles. The lowest BCUT2D eigenvalue weighted by atomic mass is 9.84. The quantitative estimate of drug-likeness (QED) is 0.306. The molecule has 1 heterocycles. The Labute approximate surface area is 78.7 Å². The summed E-state index contributed by atoms with van der Waals surface area (Å²) in [6.07, 6.45) is 0.823. The van der Waals surface area contributed by atoms with Gasteiger partial charge in [-0.25, -0.2) is 0 Å². The van der Waals surface area contributed by atoms with Crippen molar-refractivity contribution in [2.24, 2.45) is 11.7 Å². The highest BCUT2D eigenvalue weighted by atomic mass is 16.4. The lowest BCUT2D eigenvalue weighted by Gasteiger charge is -2.04. The number of hydrogen-bond acceptors (Lipinski definition) is 4. The second kappa shape index (κ2) is 5.25. The van der Waals surface area contributed by atoms with Crippen molar-refractivity contribution in [1.29, 1.82) is 0 Å². The molecule has 1 aliphatic rings. The lowest BCUT2D eigenvalue weighted by molar-refractivity contribution is 0.406. The Hall–Kier alpha value is -0.535. The van der Waals surface area contributed by atoms with Crippen molar-refractivity contribution in [2.75, 3.05) is 13.1 Å². The van der Waals surface area contributed by atoms with Gasteiger partial charge < -0.3 is 21.1 Å². The highest BCUT2D eigenvalue weighted by Crippen LogP contribution is 2.04. The number of rotatable bonds is 2. The minimum absolute atomic E-state index is 0.117. The van der Waals surface area contributed by atoms with Crippen molar-refractivity contribution in [3.8, 4) is 11.8 Å². The Kier molecular flexibility index (Phi) is 4.26. The van der Waals surface area contributed by atoms with E-state index in [0.717, 1.165) is 13.1 Å². The maximum atomic E-state index is 8.55. The molecule has 2 atom stereocenters. The summed E-state index contributed by atoms with van der Waals surface area (Å²) < 4.78 is 0. The first-order chi connectivity index (χ1) is 6.20. The Balaban J connectivity index is 2.22. The van der Waals surface area contributed by atoms with Crippen LogP contribution < -0.4 is 11.1 Å². The van der Waals surface area contributed by atoms with E-state index in [1.165, 1.54) is 0 Å². The second-order valence-corrected chi connectivity index (χ2v) is 3.27. The van der Waals surface area contributed by atoms with E-state index >= 15 is 0 Å². The highest BCUT2D eigenvalue weighted by molar-refractivity contribution is 6.41. The van der Waals surface area contributed by atoms with Gasteiger partial charge in [0.25, 0.3) is 0 Å². The van der Waals surface area contributed by atoms with Gasteiger partial charge in [-0.3, -0.25) is 0 Å². The van der Waals surface area contributed by atoms with E-state index in [1.807, 2.05) is 0 Å². The molecular formula is C8H15BN2O2. The Morgan fingerprint density at radius 3 is 2.77 bits per heavy atom. The van der Waals surface area contributed by atoms with Crippen LogP contribution in [0.5, 0.6) is 0 Å². The zero-order valence-corrected chi connectivity index (χ0v) is 7.53. The van der Waals surface area contributed by atoms with Crippen molar-refractivity contribution >= 4 is 7.12 Å². The average molecular weight is 182 g/mol. The molecule has 0 amide bonds. The largest absolute Gasteiger partial charge is 0.452 e. The van der Waals surface area contributed by atoms with Gasteiger partial charge >= 0.3 is 7.12 Å². The van der Waals surface area contributed by atoms with Gasteiger partial charge in [-0.05, 0) is 6.32 Å². The molecule has 0 radical (unpaired) electrons. The summed E-state index contributed by atoms with van der Waals surface area (Å²) in [5.74, 6) is 6.14. The molecule has 0 spiro atoms. The van der Waals surface area contributed by atoms with Gasteiger partial charge in [-0.1, -0.05) is 5.92 Å². The van der Waals surface area contributed by atoms with Gasteiger partial charge in [0.1, 0.15) is 0 Å². The van der Waals surface area contributed by atoms with Gasteiger partial charge in [-0.15, -0.1) is 5.92 Å². The smallest absolute Gasteiger partial charge is 0.427 e. The van der Waals surface area contributed by atoms with Gasteiger partial charge in [0, 0.05) is 31.5 Å². The van der Waals surface area contributed by atoms with Crippen LogP contribution >= 0.6 is 0 Å². The molecule has 1 aliphatic heterocycles. The molecule has 0 aromatic rings. The summed E-state index contributed by atoms with van der Waals surface area (Å²) >= 11 is 0. The van der Waals surface area contributed by atoms with Crippen LogP contribution in [0.4, 0.5) is 0 Å². The van der Waals surface area contributed by atoms with E-state index in [-0.39, 0.29) is 12.0 Å². The third-order valence-corrected chi connectivity index (χ3v) is 2.08. The second-order valence-electron chi connectivity index (χ2n) is 3.27. The minimum Gasteiger partial charge on any atom is -0.427 e.